The molecule has 104 valence electrons. The number of hydrogen-bond donors (Lipinski definition) is 3. The third kappa shape index (κ3) is 9.60. The summed E-state index contributed by atoms with van der Waals surface area (Å²) in [5, 5.41) is 4.53. The molecule has 0 bridgehead atoms. The van der Waals surface area contributed by atoms with Crippen molar-refractivity contribution in [3.05, 3.63) is 12.2 Å². The summed E-state index contributed by atoms with van der Waals surface area (Å²) in [6, 6.07) is -0.620. The molecule has 0 aromatic rings. The summed E-state index contributed by atoms with van der Waals surface area (Å²) < 4.78 is 33.7. The lowest BCUT2D eigenvalue weighted by Crippen LogP contribution is -2.39. The molecule has 0 aromatic carbocycles. The van der Waals surface area contributed by atoms with Crippen LogP contribution in [0.2, 0.25) is 0 Å². The molecule has 8 nitrogen and oxygen atoms in total. The van der Waals surface area contributed by atoms with Crippen molar-refractivity contribution in [1.82, 2.24) is 10.6 Å². The van der Waals surface area contributed by atoms with Gasteiger partial charge in [-0.3, -0.25) is 4.55 Å². The smallest absolute Gasteiger partial charge is 0.333 e. The number of rotatable bonds is 7. The van der Waals surface area contributed by atoms with Crippen LogP contribution >= 0.6 is 0 Å². The Kier molecular flexibility index (Phi) is 6.98. The summed E-state index contributed by atoms with van der Waals surface area (Å²) >= 11 is 0. The van der Waals surface area contributed by atoms with Crippen LogP contribution in [-0.4, -0.2) is 50.4 Å². The van der Waals surface area contributed by atoms with E-state index in [2.05, 4.69) is 17.2 Å². The van der Waals surface area contributed by atoms with Gasteiger partial charge in [0.2, 0.25) is 0 Å². The molecule has 0 saturated carbocycles. The number of esters is 1. The molecule has 0 aliphatic rings. The molecule has 0 aromatic heterocycles. The van der Waals surface area contributed by atoms with Crippen LogP contribution in [0.4, 0.5) is 4.79 Å². The summed E-state index contributed by atoms with van der Waals surface area (Å²) in [5.41, 5.74) is 0.257. The number of hydrogen-bond acceptors (Lipinski definition) is 5. The largest absolute Gasteiger partial charge is 0.460 e. The summed E-state index contributed by atoms with van der Waals surface area (Å²) in [6.07, 6.45) is 0. The van der Waals surface area contributed by atoms with Gasteiger partial charge in [-0.2, -0.15) is 8.42 Å². The highest BCUT2D eigenvalue weighted by atomic mass is 32.2. The minimum absolute atomic E-state index is 0.0165. The predicted octanol–water partition coefficient (Wildman–Crippen LogP) is -0.707. The molecule has 18 heavy (non-hydrogen) atoms. The standard InChI is InChI=1S/C9H16N2O6S/c1-7(2)8(12)17-5-3-10-9(13)11-4-6-18(14,15)16/h1,3-6H2,2H3,(H2,10,11,13)(H,14,15,16). The van der Waals surface area contributed by atoms with E-state index < -0.39 is 27.9 Å². The minimum Gasteiger partial charge on any atom is -0.460 e. The van der Waals surface area contributed by atoms with Crippen molar-refractivity contribution in [3.8, 4) is 0 Å². The van der Waals surface area contributed by atoms with Gasteiger partial charge in [0, 0.05) is 12.1 Å². The van der Waals surface area contributed by atoms with Crippen molar-refractivity contribution in [2.75, 3.05) is 25.4 Å². The molecular weight excluding hydrogens is 264 g/mol. The van der Waals surface area contributed by atoms with Gasteiger partial charge >= 0.3 is 12.0 Å². The molecule has 2 amide bonds. The van der Waals surface area contributed by atoms with Crippen molar-refractivity contribution in [1.29, 1.82) is 0 Å². The Morgan fingerprint density at radius 1 is 1.28 bits per heavy atom. The Hall–Kier alpha value is -1.61. The Bertz CT molecular complexity index is 417. The lowest BCUT2D eigenvalue weighted by Gasteiger charge is -2.07. The summed E-state index contributed by atoms with van der Waals surface area (Å²) in [7, 11) is -4.09. The van der Waals surface area contributed by atoms with Crippen LogP contribution in [-0.2, 0) is 19.6 Å². The van der Waals surface area contributed by atoms with E-state index in [9.17, 15) is 18.0 Å². The van der Waals surface area contributed by atoms with Gasteiger partial charge in [-0.15, -0.1) is 0 Å². The monoisotopic (exact) mass is 280 g/mol. The zero-order valence-corrected chi connectivity index (χ0v) is 10.7. The first-order valence-corrected chi connectivity index (χ1v) is 6.63. The predicted molar refractivity (Wildman–Crippen MR) is 63.6 cm³/mol. The summed E-state index contributed by atoms with van der Waals surface area (Å²) in [4.78, 5) is 22.0. The number of ether oxygens (including phenoxy) is 1. The molecule has 0 aliphatic carbocycles. The fourth-order valence-electron chi connectivity index (χ4n) is 0.788. The third-order valence-corrected chi connectivity index (χ3v) is 2.33. The van der Waals surface area contributed by atoms with Gasteiger partial charge < -0.3 is 15.4 Å². The molecule has 0 unspecified atom stereocenters. The zero-order valence-electron chi connectivity index (χ0n) is 9.93. The highest BCUT2D eigenvalue weighted by molar-refractivity contribution is 7.85. The number of urea groups is 1. The van der Waals surface area contributed by atoms with E-state index >= 15 is 0 Å². The van der Waals surface area contributed by atoms with Gasteiger partial charge in [-0.25, -0.2) is 9.59 Å². The van der Waals surface area contributed by atoms with Gasteiger partial charge in [-0.1, -0.05) is 6.58 Å². The van der Waals surface area contributed by atoms with Crippen molar-refractivity contribution < 1.29 is 27.3 Å². The maximum atomic E-state index is 11.1. The topological polar surface area (TPSA) is 122 Å². The van der Waals surface area contributed by atoms with Crippen LogP contribution in [0, 0.1) is 0 Å². The lowest BCUT2D eigenvalue weighted by atomic mass is 10.4. The maximum Gasteiger partial charge on any atom is 0.333 e. The van der Waals surface area contributed by atoms with E-state index in [1.54, 1.807) is 0 Å². The van der Waals surface area contributed by atoms with E-state index in [-0.39, 0.29) is 25.3 Å². The second-order valence-corrected chi connectivity index (χ2v) is 4.96. The molecule has 0 rings (SSSR count). The van der Waals surface area contributed by atoms with E-state index in [0.29, 0.717) is 0 Å². The normalized spacial score (nSPS) is 10.6. The number of amides is 2. The first-order valence-electron chi connectivity index (χ1n) is 5.02. The van der Waals surface area contributed by atoms with E-state index in [1.807, 2.05) is 0 Å². The second-order valence-electron chi connectivity index (χ2n) is 3.38. The van der Waals surface area contributed by atoms with Crippen molar-refractivity contribution in [3.63, 3.8) is 0 Å². The van der Waals surface area contributed by atoms with Crippen molar-refractivity contribution >= 4 is 22.1 Å². The maximum absolute atomic E-state index is 11.1. The van der Waals surface area contributed by atoms with Crippen LogP contribution < -0.4 is 10.6 Å². The van der Waals surface area contributed by atoms with Crippen molar-refractivity contribution in [2.24, 2.45) is 0 Å². The number of carbonyl (C=O) groups excluding carboxylic acids is 2. The molecular formula is C9H16N2O6S. The van der Waals surface area contributed by atoms with Crippen LogP contribution in [0.15, 0.2) is 12.2 Å². The molecule has 0 heterocycles. The molecule has 9 heteroatoms. The fraction of sp³-hybridized carbons (Fsp3) is 0.556. The second kappa shape index (κ2) is 7.67. The van der Waals surface area contributed by atoms with Gasteiger partial charge in [0.1, 0.15) is 6.61 Å². The molecule has 0 saturated heterocycles. The summed E-state index contributed by atoms with van der Waals surface area (Å²) in [5.74, 6) is -1.12. The average molecular weight is 280 g/mol. The molecule has 0 fully saturated rings. The van der Waals surface area contributed by atoms with Crippen molar-refractivity contribution in [2.45, 2.75) is 6.92 Å². The average Bonchev–Trinajstić information content (AvgIpc) is 2.22. The van der Waals surface area contributed by atoms with Crippen LogP contribution in [0.5, 0.6) is 0 Å². The van der Waals surface area contributed by atoms with Crippen LogP contribution in [0.3, 0.4) is 0 Å². The molecule has 0 aliphatic heterocycles. The fourth-order valence-corrected chi connectivity index (χ4v) is 1.15. The van der Waals surface area contributed by atoms with Gasteiger partial charge in [-0.05, 0) is 6.92 Å². The van der Waals surface area contributed by atoms with Crippen LogP contribution in [0.1, 0.15) is 6.92 Å². The highest BCUT2D eigenvalue weighted by Gasteiger charge is 2.06. The Morgan fingerprint density at radius 3 is 2.33 bits per heavy atom. The number of nitrogens with one attached hydrogen (secondary N) is 2. The van der Waals surface area contributed by atoms with E-state index in [0.717, 1.165) is 0 Å². The Morgan fingerprint density at radius 2 is 1.83 bits per heavy atom. The Labute approximate surface area is 105 Å². The molecule has 3 N–H and O–H groups in total. The quantitative estimate of drug-likeness (QED) is 0.245. The molecule has 0 spiro atoms. The first kappa shape index (κ1) is 16.4. The minimum atomic E-state index is -4.09. The SMILES string of the molecule is C=C(C)C(=O)OCCNC(=O)NCCS(=O)(=O)O. The van der Waals surface area contributed by atoms with Gasteiger partial charge in [0.15, 0.2) is 0 Å². The number of carbonyl (C=O) groups is 2. The Balaban J connectivity index is 3.60. The molecule has 0 atom stereocenters. The zero-order chi connectivity index (χ0) is 14.2. The van der Waals surface area contributed by atoms with Crippen LogP contribution in [0.25, 0.3) is 0 Å². The molecule has 0 radical (unpaired) electrons. The first-order chi connectivity index (χ1) is 8.22. The highest BCUT2D eigenvalue weighted by Crippen LogP contribution is 1.90. The summed E-state index contributed by atoms with van der Waals surface area (Å²) in [6.45, 7) is 4.73. The lowest BCUT2D eigenvalue weighted by molar-refractivity contribution is -0.138. The van der Waals surface area contributed by atoms with E-state index in [4.69, 9.17) is 9.29 Å². The third-order valence-electron chi connectivity index (χ3n) is 1.61. The van der Waals surface area contributed by atoms with Gasteiger partial charge in [0.25, 0.3) is 10.1 Å². The van der Waals surface area contributed by atoms with E-state index in [1.165, 1.54) is 6.92 Å². The van der Waals surface area contributed by atoms with Gasteiger partial charge in [0.05, 0.1) is 12.3 Å².